The molecule has 0 aliphatic carbocycles. The van der Waals surface area contributed by atoms with Crippen molar-refractivity contribution in [3.8, 4) is 5.75 Å². The van der Waals surface area contributed by atoms with Crippen molar-refractivity contribution in [1.29, 1.82) is 0 Å². The maximum absolute atomic E-state index is 12.5. The van der Waals surface area contributed by atoms with Crippen LogP contribution in [0, 0.1) is 5.92 Å². The summed E-state index contributed by atoms with van der Waals surface area (Å²) in [5, 5.41) is 9.16. The van der Waals surface area contributed by atoms with E-state index in [9.17, 15) is 18.0 Å². The maximum atomic E-state index is 12.5. The van der Waals surface area contributed by atoms with Gasteiger partial charge in [0.1, 0.15) is 11.8 Å². The number of carboxylic acids is 1. The lowest BCUT2D eigenvalue weighted by Crippen LogP contribution is -2.44. The number of carboxylic acid groups (broad SMARTS) is 1. The first kappa shape index (κ1) is 19.2. The van der Waals surface area contributed by atoms with Gasteiger partial charge in [0.05, 0.1) is 11.5 Å². The molecule has 1 aliphatic heterocycles. The zero-order valence-corrected chi connectivity index (χ0v) is 15.0. The quantitative estimate of drug-likeness (QED) is 0.685. The van der Waals surface area contributed by atoms with Crippen LogP contribution in [0.1, 0.15) is 26.3 Å². The van der Waals surface area contributed by atoms with Crippen molar-refractivity contribution in [3.63, 3.8) is 0 Å². The molecule has 1 heterocycles. The van der Waals surface area contributed by atoms with Crippen LogP contribution < -0.4 is 9.46 Å². The van der Waals surface area contributed by atoms with Crippen LogP contribution in [-0.2, 0) is 30.8 Å². The van der Waals surface area contributed by atoms with E-state index in [4.69, 9.17) is 14.6 Å². The van der Waals surface area contributed by atoms with Gasteiger partial charge in [-0.2, -0.15) is 4.72 Å². The second kappa shape index (κ2) is 7.40. The van der Waals surface area contributed by atoms with Gasteiger partial charge in [0.15, 0.2) is 6.10 Å². The van der Waals surface area contributed by atoms with Gasteiger partial charge in [-0.25, -0.2) is 13.2 Å². The van der Waals surface area contributed by atoms with Crippen LogP contribution in [0.2, 0.25) is 0 Å². The normalized spacial score (nSPS) is 17.7. The minimum absolute atomic E-state index is 0.0775. The van der Waals surface area contributed by atoms with Gasteiger partial charge >= 0.3 is 11.9 Å². The Bertz CT molecular complexity index is 773. The van der Waals surface area contributed by atoms with Gasteiger partial charge in [-0.15, -0.1) is 0 Å². The van der Waals surface area contributed by atoms with E-state index in [-0.39, 0.29) is 17.9 Å². The number of esters is 1. The van der Waals surface area contributed by atoms with Crippen LogP contribution in [0.4, 0.5) is 0 Å². The molecule has 1 aromatic carbocycles. The summed E-state index contributed by atoms with van der Waals surface area (Å²) >= 11 is 0. The zero-order chi connectivity index (χ0) is 18.8. The smallest absolute Gasteiger partial charge is 0.347 e. The molecule has 0 amide bonds. The number of nitrogens with one attached hydrogen (secondary N) is 1. The summed E-state index contributed by atoms with van der Waals surface area (Å²) in [6, 6.07) is 2.92. The Morgan fingerprint density at radius 2 is 2.08 bits per heavy atom. The van der Waals surface area contributed by atoms with Crippen molar-refractivity contribution in [2.75, 3.05) is 6.61 Å². The molecule has 9 heteroatoms. The summed E-state index contributed by atoms with van der Waals surface area (Å²) in [6.07, 6.45) is -0.604. The Kier molecular flexibility index (Phi) is 5.69. The van der Waals surface area contributed by atoms with Gasteiger partial charge in [0, 0.05) is 6.42 Å². The molecule has 1 unspecified atom stereocenters. The highest BCUT2D eigenvalue weighted by Crippen LogP contribution is 2.31. The molecule has 138 valence electrons. The molecule has 0 bridgehead atoms. The van der Waals surface area contributed by atoms with Crippen molar-refractivity contribution in [2.45, 2.75) is 44.2 Å². The summed E-state index contributed by atoms with van der Waals surface area (Å²) in [6.45, 7) is 5.14. The van der Waals surface area contributed by atoms with E-state index < -0.39 is 40.0 Å². The summed E-state index contributed by atoms with van der Waals surface area (Å²) in [5.41, 5.74) is 0.553. The third kappa shape index (κ3) is 4.29. The molecular formula is C16H21NO7S. The number of carbonyl (C=O) groups is 2. The summed E-state index contributed by atoms with van der Waals surface area (Å²) in [5.74, 6) is -1.76. The fourth-order valence-corrected chi connectivity index (χ4v) is 3.85. The Hall–Kier alpha value is -2.13. The molecule has 1 aliphatic rings. The third-order valence-corrected chi connectivity index (χ3v) is 5.22. The van der Waals surface area contributed by atoms with Gasteiger partial charge in [-0.1, -0.05) is 13.8 Å². The molecule has 0 aromatic heterocycles. The van der Waals surface area contributed by atoms with Gasteiger partial charge in [0.2, 0.25) is 10.0 Å². The number of sulfonamides is 1. The topological polar surface area (TPSA) is 119 Å². The van der Waals surface area contributed by atoms with E-state index >= 15 is 0 Å². The fraction of sp³-hybridized carbons (Fsp3) is 0.500. The summed E-state index contributed by atoms with van der Waals surface area (Å²) in [4.78, 5) is 22.9. The Morgan fingerprint density at radius 1 is 1.40 bits per heavy atom. The number of aliphatic carboxylic acids is 1. The van der Waals surface area contributed by atoms with Crippen molar-refractivity contribution < 1.29 is 32.6 Å². The van der Waals surface area contributed by atoms with Crippen LogP contribution >= 0.6 is 0 Å². The number of hydrogen-bond donors (Lipinski definition) is 2. The van der Waals surface area contributed by atoms with E-state index in [2.05, 4.69) is 4.72 Å². The summed E-state index contributed by atoms with van der Waals surface area (Å²) in [7, 11) is -4.02. The van der Waals surface area contributed by atoms with Gasteiger partial charge in [-0.05, 0) is 36.6 Å². The first-order valence-electron chi connectivity index (χ1n) is 7.87. The van der Waals surface area contributed by atoms with Gasteiger partial charge in [-0.3, -0.25) is 4.79 Å². The van der Waals surface area contributed by atoms with Crippen molar-refractivity contribution in [1.82, 2.24) is 4.72 Å². The second-order valence-corrected chi connectivity index (χ2v) is 7.73. The average molecular weight is 371 g/mol. The first-order valence-corrected chi connectivity index (χ1v) is 9.35. The molecule has 1 aromatic rings. The molecule has 0 saturated heterocycles. The Labute approximate surface area is 146 Å². The number of carbonyl (C=O) groups excluding carboxylic acids is 1. The minimum Gasteiger partial charge on any atom is -0.480 e. The molecule has 0 saturated carbocycles. The lowest BCUT2D eigenvalue weighted by molar-refractivity contribution is -0.150. The first-order chi connectivity index (χ1) is 11.7. The molecule has 25 heavy (non-hydrogen) atoms. The van der Waals surface area contributed by atoms with Crippen molar-refractivity contribution in [3.05, 3.63) is 23.8 Å². The predicted octanol–water partition coefficient (Wildman–Crippen LogP) is 0.941. The van der Waals surface area contributed by atoms with Crippen molar-refractivity contribution >= 4 is 22.0 Å². The van der Waals surface area contributed by atoms with E-state index in [1.165, 1.54) is 18.2 Å². The van der Waals surface area contributed by atoms with Crippen molar-refractivity contribution in [2.24, 2.45) is 5.92 Å². The fourth-order valence-electron chi connectivity index (χ4n) is 2.47. The molecule has 0 fully saturated rings. The lowest BCUT2D eigenvalue weighted by atomic mass is 10.1. The van der Waals surface area contributed by atoms with E-state index in [1.807, 2.05) is 0 Å². The SMILES string of the molecule is CCOC(=O)C1Cc2cc(S(=O)(=O)N[C@@H](C(=O)O)C(C)C)ccc2O1. The number of rotatable bonds is 7. The van der Waals surface area contributed by atoms with E-state index in [1.54, 1.807) is 20.8 Å². The Morgan fingerprint density at radius 3 is 2.64 bits per heavy atom. The Balaban J connectivity index is 2.22. The molecule has 0 spiro atoms. The number of ether oxygens (including phenoxy) is 2. The summed E-state index contributed by atoms with van der Waals surface area (Å²) < 4.78 is 37.5. The largest absolute Gasteiger partial charge is 0.480 e. The minimum atomic E-state index is -4.02. The monoisotopic (exact) mass is 371 g/mol. The van der Waals surface area contributed by atoms with Crippen LogP contribution in [0.5, 0.6) is 5.75 Å². The number of hydrogen-bond acceptors (Lipinski definition) is 6. The molecule has 2 rings (SSSR count). The zero-order valence-electron chi connectivity index (χ0n) is 14.2. The highest BCUT2D eigenvalue weighted by atomic mass is 32.2. The standard InChI is InChI=1S/C16H21NO7S/c1-4-23-16(20)13-8-10-7-11(5-6-12(10)24-13)25(21,22)17-14(9(2)3)15(18)19/h5-7,9,13-14,17H,4,8H2,1-3H3,(H,18,19)/t13?,14-/m1/s1. The number of fused-ring (bicyclic) bond motifs is 1. The second-order valence-electron chi connectivity index (χ2n) is 6.01. The molecule has 2 atom stereocenters. The third-order valence-electron chi connectivity index (χ3n) is 3.78. The van der Waals surface area contributed by atoms with E-state index in [0.29, 0.717) is 11.3 Å². The van der Waals surface area contributed by atoms with E-state index in [0.717, 1.165) is 0 Å². The number of benzene rings is 1. The molecule has 2 N–H and O–H groups in total. The van der Waals surface area contributed by atoms with Gasteiger partial charge < -0.3 is 14.6 Å². The highest BCUT2D eigenvalue weighted by Gasteiger charge is 2.33. The lowest BCUT2D eigenvalue weighted by Gasteiger charge is -2.18. The average Bonchev–Trinajstić information content (AvgIpc) is 2.95. The van der Waals surface area contributed by atoms with Crippen LogP contribution in [0.15, 0.2) is 23.1 Å². The van der Waals surface area contributed by atoms with Gasteiger partial charge in [0.25, 0.3) is 0 Å². The highest BCUT2D eigenvalue weighted by molar-refractivity contribution is 7.89. The molecule has 0 radical (unpaired) electrons. The maximum Gasteiger partial charge on any atom is 0.347 e. The predicted molar refractivity (Wildman–Crippen MR) is 87.8 cm³/mol. The van der Waals surface area contributed by atoms with Crippen LogP contribution in [0.3, 0.4) is 0 Å². The molecule has 8 nitrogen and oxygen atoms in total. The van der Waals surface area contributed by atoms with Crippen LogP contribution in [-0.4, -0.2) is 44.2 Å². The molecular weight excluding hydrogens is 350 g/mol. The van der Waals surface area contributed by atoms with Crippen LogP contribution in [0.25, 0.3) is 0 Å².